The molecule has 0 bridgehead atoms. The molecule has 1 aliphatic heterocycles. The van der Waals surface area contributed by atoms with Crippen molar-refractivity contribution in [3.05, 3.63) is 41.2 Å². The van der Waals surface area contributed by atoms with Crippen LogP contribution < -0.4 is 10.2 Å². The molecular formula is C23H31BFN5OS. The van der Waals surface area contributed by atoms with Crippen molar-refractivity contribution in [2.75, 3.05) is 23.3 Å². The van der Waals surface area contributed by atoms with Crippen LogP contribution in [0.3, 0.4) is 0 Å². The molecule has 3 aromatic rings. The second-order valence-corrected chi connectivity index (χ2v) is 8.27. The average Bonchev–Trinajstić information content (AvgIpc) is 3.37. The van der Waals surface area contributed by atoms with Crippen LogP contribution in [-0.2, 0) is 7.05 Å². The zero-order valence-corrected chi connectivity index (χ0v) is 20.5. The third-order valence-corrected chi connectivity index (χ3v) is 6.31. The number of anilines is 2. The molecule has 1 unspecified atom stereocenters. The van der Waals surface area contributed by atoms with Crippen LogP contribution in [0.25, 0.3) is 10.9 Å². The number of hydrogen-bond acceptors (Lipinski definition) is 5. The van der Waals surface area contributed by atoms with Gasteiger partial charge >= 0.3 is 0 Å². The molecule has 0 saturated carbocycles. The third kappa shape index (κ3) is 5.68. The first-order valence-corrected chi connectivity index (χ1v) is 11.9. The minimum atomic E-state index is -0.522. The van der Waals surface area contributed by atoms with Gasteiger partial charge in [-0.3, -0.25) is 9.48 Å². The van der Waals surface area contributed by atoms with Crippen LogP contribution in [0.4, 0.5) is 15.1 Å². The number of carbonyl (C=O) groups excluding carboxylic acids is 1. The highest BCUT2D eigenvalue weighted by molar-refractivity contribution is 7.18. The van der Waals surface area contributed by atoms with E-state index in [9.17, 15) is 9.18 Å². The van der Waals surface area contributed by atoms with Gasteiger partial charge in [-0.1, -0.05) is 34.6 Å². The number of nitrogens with zero attached hydrogens (tertiary/aromatic N) is 4. The maximum atomic E-state index is 14.5. The van der Waals surface area contributed by atoms with Gasteiger partial charge in [-0.15, -0.1) is 11.3 Å². The molecule has 2 aromatic heterocycles. The summed E-state index contributed by atoms with van der Waals surface area (Å²) in [6.45, 7) is 11.5. The maximum Gasteiger partial charge on any atom is 0.274 e. The first kappa shape index (κ1) is 25.4. The van der Waals surface area contributed by atoms with E-state index in [1.165, 1.54) is 6.07 Å². The lowest BCUT2D eigenvalue weighted by atomic mass is 9.39. The second-order valence-electron chi connectivity index (χ2n) is 7.24. The Morgan fingerprint density at radius 1 is 1.31 bits per heavy atom. The van der Waals surface area contributed by atoms with Gasteiger partial charge in [0.05, 0.1) is 10.5 Å². The Morgan fingerprint density at radius 2 is 2.03 bits per heavy atom. The Hall–Kier alpha value is -2.86. The molecule has 1 fully saturated rings. The van der Waals surface area contributed by atoms with Crippen molar-refractivity contribution in [3.8, 4) is 5.97 Å². The van der Waals surface area contributed by atoms with Crippen molar-refractivity contribution in [2.45, 2.75) is 46.8 Å². The smallest absolute Gasteiger partial charge is 0.274 e. The lowest BCUT2D eigenvalue weighted by Crippen LogP contribution is -2.40. The molecule has 170 valence electrons. The van der Waals surface area contributed by atoms with E-state index in [0.717, 1.165) is 33.6 Å². The summed E-state index contributed by atoms with van der Waals surface area (Å²) in [4.78, 5) is 14.7. The van der Waals surface area contributed by atoms with Gasteiger partial charge in [0, 0.05) is 49.4 Å². The number of thiophene rings is 1. The van der Waals surface area contributed by atoms with E-state index in [2.05, 4.69) is 21.3 Å². The summed E-state index contributed by atoms with van der Waals surface area (Å²) < 4.78 is 16.2. The highest BCUT2D eigenvalue weighted by Gasteiger charge is 2.31. The number of nitrogens with one attached hydrogen (secondary N) is 1. The fourth-order valence-corrected chi connectivity index (χ4v) is 4.58. The number of rotatable bonds is 3. The monoisotopic (exact) mass is 455 g/mol. The lowest BCUT2D eigenvalue weighted by molar-refractivity contribution is 0.102. The second kappa shape index (κ2) is 11.7. The van der Waals surface area contributed by atoms with Crippen LogP contribution in [0.1, 0.15) is 44.3 Å². The third-order valence-electron chi connectivity index (χ3n) is 5.14. The van der Waals surface area contributed by atoms with E-state index < -0.39 is 11.7 Å². The van der Waals surface area contributed by atoms with Gasteiger partial charge in [0.2, 0.25) is 0 Å². The number of carbonyl (C=O) groups is 1. The molecular weight excluding hydrogens is 424 g/mol. The molecule has 1 aliphatic rings. The van der Waals surface area contributed by atoms with Crippen LogP contribution >= 0.6 is 11.3 Å². The number of fused-ring (bicyclic) bond motifs is 1. The number of halogens is 1. The van der Waals surface area contributed by atoms with E-state index in [1.54, 1.807) is 16.8 Å². The van der Waals surface area contributed by atoms with E-state index in [0.29, 0.717) is 18.8 Å². The van der Waals surface area contributed by atoms with Crippen LogP contribution in [0.5, 0.6) is 0 Å². The van der Waals surface area contributed by atoms with Gasteiger partial charge in [-0.2, -0.15) is 5.10 Å². The predicted octanol–water partition coefficient (Wildman–Crippen LogP) is 5.85. The van der Waals surface area contributed by atoms with Gasteiger partial charge in [0.25, 0.3) is 12.6 Å². The summed E-state index contributed by atoms with van der Waals surface area (Å²) >= 11 is 1.15. The van der Waals surface area contributed by atoms with E-state index in [1.807, 2.05) is 53.9 Å². The summed E-state index contributed by atoms with van der Waals surface area (Å²) in [7, 11) is 1.83. The van der Waals surface area contributed by atoms with Crippen molar-refractivity contribution in [2.24, 2.45) is 7.05 Å². The van der Waals surface area contributed by atoms with Crippen molar-refractivity contribution >= 4 is 45.5 Å². The molecule has 0 spiro atoms. The number of benzene rings is 1. The first-order valence-electron chi connectivity index (χ1n) is 11.1. The molecule has 32 heavy (non-hydrogen) atoms. The lowest BCUT2D eigenvalue weighted by Gasteiger charge is -2.32. The Morgan fingerprint density at radius 3 is 2.69 bits per heavy atom. The van der Waals surface area contributed by atoms with Gasteiger partial charge in [-0.25, -0.2) is 9.65 Å². The van der Waals surface area contributed by atoms with Crippen molar-refractivity contribution in [1.82, 2.24) is 9.78 Å². The summed E-state index contributed by atoms with van der Waals surface area (Å²) in [5.41, 5.74) is 1.34. The van der Waals surface area contributed by atoms with Gasteiger partial charge < -0.3 is 10.2 Å². The largest absolute Gasteiger partial charge is 0.364 e. The average molecular weight is 455 g/mol. The Balaban J connectivity index is 0.000000860. The van der Waals surface area contributed by atoms with E-state index >= 15 is 0 Å². The number of aryl methyl sites for hydroxylation is 1. The van der Waals surface area contributed by atoms with Gasteiger partial charge in [0.1, 0.15) is 10.7 Å². The first-order chi connectivity index (χ1) is 15.4. The minimum Gasteiger partial charge on any atom is -0.364 e. The summed E-state index contributed by atoms with van der Waals surface area (Å²) in [6, 6.07) is 6.84. The summed E-state index contributed by atoms with van der Waals surface area (Å²) in [6.07, 6.45) is 2.64. The van der Waals surface area contributed by atoms with Crippen molar-refractivity contribution < 1.29 is 9.18 Å². The molecule has 1 saturated heterocycles. The fraction of sp³-hybridized carbons (Fsp3) is 0.435. The molecule has 1 amide bonds. The molecule has 1 atom stereocenters. The maximum absolute atomic E-state index is 14.5. The standard InChI is InChI=1S/C19H19BFN5OS.2C2H6/c1-12-9-26(6-5-20(12)11-22)17-8-15(21)18(28-17)19(27)23-14-4-3-13-10-25(2)24-16(13)7-14;2*1-2/h3-4,7-8,10,12H,5-6,9H2,1-2H3,(H,23,27);2*1-2H3. The highest BCUT2D eigenvalue weighted by atomic mass is 32.1. The number of hydrogen-bond donors (Lipinski definition) is 1. The van der Waals surface area contributed by atoms with Crippen molar-refractivity contribution in [3.63, 3.8) is 0 Å². The predicted molar refractivity (Wildman–Crippen MR) is 133 cm³/mol. The Bertz CT molecular complexity index is 1090. The quantitative estimate of drug-likeness (QED) is 0.503. The van der Waals surface area contributed by atoms with Gasteiger partial charge in [0.15, 0.2) is 0 Å². The van der Waals surface area contributed by atoms with Crippen LogP contribution in [0.15, 0.2) is 30.5 Å². The van der Waals surface area contributed by atoms with Crippen molar-refractivity contribution in [1.29, 1.82) is 5.26 Å². The number of aromatic nitrogens is 2. The molecule has 3 heterocycles. The highest BCUT2D eigenvalue weighted by Crippen LogP contribution is 2.34. The fourth-order valence-electron chi connectivity index (χ4n) is 3.61. The van der Waals surface area contributed by atoms with E-state index in [-0.39, 0.29) is 17.4 Å². The minimum absolute atomic E-state index is 0.0327. The number of amides is 1. The normalized spacial score (nSPS) is 15.2. The SMILES string of the molecule is CC.CC.CC1CN(c2cc(F)c(C(=O)Nc3ccc4cn(C)nc4c3)s2)CCB1C#N. The van der Waals surface area contributed by atoms with Gasteiger partial charge in [-0.05, 0) is 30.3 Å². The zero-order valence-electron chi connectivity index (χ0n) is 19.6. The van der Waals surface area contributed by atoms with E-state index in [4.69, 9.17) is 5.26 Å². The summed E-state index contributed by atoms with van der Waals surface area (Å²) in [5.74, 6) is 1.56. The van der Waals surface area contributed by atoms with Crippen LogP contribution in [-0.4, -0.2) is 35.5 Å². The Labute approximate surface area is 194 Å². The van der Waals surface area contributed by atoms with Crippen LogP contribution in [0.2, 0.25) is 12.1 Å². The molecule has 1 N–H and O–H groups in total. The summed E-state index contributed by atoms with van der Waals surface area (Å²) in [5, 5.41) is 17.9. The molecule has 9 heteroatoms. The molecule has 6 nitrogen and oxygen atoms in total. The number of nitriles is 1. The van der Waals surface area contributed by atoms with Crippen LogP contribution in [0, 0.1) is 17.0 Å². The molecule has 0 aliphatic carbocycles. The molecule has 4 rings (SSSR count). The molecule has 0 radical (unpaired) electrons. The Kier molecular flexibility index (Phi) is 9.27. The molecule has 1 aromatic carbocycles. The topological polar surface area (TPSA) is 74.0 Å². The zero-order chi connectivity index (χ0) is 23.8.